The van der Waals surface area contributed by atoms with Crippen LogP contribution in [0.2, 0.25) is 0 Å². The van der Waals surface area contributed by atoms with Crippen LogP contribution in [0.25, 0.3) is 20.8 Å². The summed E-state index contributed by atoms with van der Waals surface area (Å²) in [6, 6.07) is 11.5. The van der Waals surface area contributed by atoms with Gasteiger partial charge in [-0.05, 0) is 18.2 Å². The summed E-state index contributed by atoms with van der Waals surface area (Å²) in [5.41, 5.74) is 2.34. The lowest BCUT2D eigenvalue weighted by molar-refractivity contribution is 1.13. The SMILES string of the molecule is CN(C)c1cc2sc3ccccc3nc-2c(=O)c1. The number of nitrogens with zero attached hydrogens (tertiary/aromatic N) is 2. The van der Waals surface area contributed by atoms with Crippen molar-refractivity contribution < 1.29 is 0 Å². The van der Waals surface area contributed by atoms with Crippen molar-refractivity contribution in [2.45, 2.75) is 0 Å². The van der Waals surface area contributed by atoms with Gasteiger partial charge in [0.2, 0.25) is 5.43 Å². The molecule has 4 heteroatoms. The zero-order valence-corrected chi connectivity index (χ0v) is 11.0. The van der Waals surface area contributed by atoms with Crippen molar-refractivity contribution in [2.24, 2.45) is 0 Å². The molecule has 90 valence electrons. The van der Waals surface area contributed by atoms with Gasteiger partial charge in [0, 0.05) is 25.8 Å². The van der Waals surface area contributed by atoms with Gasteiger partial charge in [0.15, 0.2) is 0 Å². The molecule has 0 bridgehead atoms. The molecule has 1 aliphatic carbocycles. The zero-order valence-electron chi connectivity index (χ0n) is 10.2. The number of hydrogen-bond donors (Lipinski definition) is 0. The molecule has 1 aromatic rings. The first kappa shape index (κ1) is 11.2. The Morgan fingerprint density at radius 1 is 1.17 bits per heavy atom. The van der Waals surface area contributed by atoms with E-state index in [4.69, 9.17) is 0 Å². The van der Waals surface area contributed by atoms with Crippen LogP contribution in [0, 0.1) is 0 Å². The van der Waals surface area contributed by atoms with Crippen LogP contribution in [0.1, 0.15) is 0 Å². The standard InChI is InChI=1S/C14H12N2OS/c1-16(2)9-7-11(17)14-13(8-9)18-12-6-4-3-5-10(12)15-14/h3-8H,1-2H3. The molecule has 0 spiro atoms. The lowest BCUT2D eigenvalue weighted by Crippen LogP contribution is -2.14. The minimum Gasteiger partial charge on any atom is -0.378 e. The molecular formula is C14H12N2OS. The van der Waals surface area contributed by atoms with Crippen molar-refractivity contribution >= 4 is 27.2 Å². The first-order valence-electron chi connectivity index (χ1n) is 5.66. The Balaban J connectivity index is 2.40. The van der Waals surface area contributed by atoms with Gasteiger partial charge in [0.05, 0.1) is 15.1 Å². The molecule has 0 atom stereocenters. The van der Waals surface area contributed by atoms with Gasteiger partial charge in [-0.1, -0.05) is 12.1 Å². The number of para-hydroxylation sites is 1. The molecule has 0 fully saturated rings. The number of hydrogen-bond acceptors (Lipinski definition) is 4. The molecule has 2 aliphatic rings. The average Bonchev–Trinajstić information content (AvgIpc) is 2.36. The van der Waals surface area contributed by atoms with Crippen LogP contribution in [0.5, 0.6) is 0 Å². The Hall–Kier alpha value is -1.94. The van der Waals surface area contributed by atoms with Crippen molar-refractivity contribution in [1.82, 2.24) is 4.98 Å². The van der Waals surface area contributed by atoms with Gasteiger partial charge in [0.25, 0.3) is 0 Å². The highest BCUT2D eigenvalue weighted by molar-refractivity contribution is 7.21. The van der Waals surface area contributed by atoms with Gasteiger partial charge < -0.3 is 4.90 Å². The number of aromatic nitrogens is 1. The van der Waals surface area contributed by atoms with Crippen LogP contribution < -0.4 is 10.3 Å². The average molecular weight is 256 g/mol. The van der Waals surface area contributed by atoms with Crippen molar-refractivity contribution in [1.29, 1.82) is 0 Å². The minimum atomic E-state index is -0.0156. The van der Waals surface area contributed by atoms with Crippen molar-refractivity contribution in [3.8, 4) is 10.6 Å². The second kappa shape index (κ2) is 4.07. The third-order valence-electron chi connectivity index (χ3n) is 2.86. The van der Waals surface area contributed by atoms with E-state index in [9.17, 15) is 4.79 Å². The molecule has 0 radical (unpaired) electrons. The fourth-order valence-corrected chi connectivity index (χ4v) is 2.91. The number of fused-ring (bicyclic) bond motifs is 2. The van der Waals surface area contributed by atoms with E-state index in [2.05, 4.69) is 4.98 Å². The lowest BCUT2D eigenvalue weighted by Gasteiger charge is -2.14. The molecule has 0 saturated heterocycles. The van der Waals surface area contributed by atoms with E-state index in [-0.39, 0.29) is 5.43 Å². The molecule has 1 aromatic carbocycles. The maximum atomic E-state index is 12.1. The monoisotopic (exact) mass is 256 g/mol. The van der Waals surface area contributed by atoms with Crippen LogP contribution >= 0.6 is 11.3 Å². The maximum absolute atomic E-state index is 12.1. The molecule has 3 nitrogen and oxygen atoms in total. The molecule has 1 aliphatic heterocycles. The lowest BCUT2D eigenvalue weighted by atomic mass is 10.2. The summed E-state index contributed by atoms with van der Waals surface area (Å²) in [6.45, 7) is 0. The largest absolute Gasteiger partial charge is 0.378 e. The third-order valence-corrected chi connectivity index (χ3v) is 3.95. The number of anilines is 1. The van der Waals surface area contributed by atoms with Gasteiger partial charge in [-0.15, -0.1) is 11.3 Å². The highest BCUT2D eigenvalue weighted by Gasteiger charge is 2.12. The molecule has 0 unspecified atom stereocenters. The van der Waals surface area contributed by atoms with Crippen molar-refractivity contribution in [3.05, 3.63) is 46.6 Å². The molecule has 0 amide bonds. The molecule has 0 saturated carbocycles. The van der Waals surface area contributed by atoms with Gasteiger partial charge in [-0.3, -0.25) is 4.79 Å². The zero-order chi connectivity index (χ0) is 12.7. The maximum Gasteiger partial charge on any atom is 0.207 e. The fraction of sp³-hybridized carbons (Fsp3) is 0.143. The van der Waals surface area contributed by atoms with E-state index >= 15 is 0 Å². The van der Waals surface area contributed by atoms with Gasteiger partial charge in [-0.2, -0.15) is 0 Å². The predicted octanol–water partition coefficient (Wildman–Crippen LogP) is 2.83. The van der Waals surface area contributed by atoms with E-state index in [1.54, 1.807) is 17.4 Å². The van der Waals surface area contributed by atoms with Crippen LogP contribution in [0.3, 0.4) is 0 Å². The van der Waals surface area contributed by atoms with Crippen LogP contribution in [0.15, 0.2) is 41.2 Å². The highest BCUT2D eigenvalue weighted by atomic mass is 32.1. The van der Waals surface area contributed by atoms with Gasteiger partial charge in [0.1, 0.15) is 5.69 Å². The third kappa shape index (κ3) is 1.75. The second-order valence-electron chi connectivity index (χ2n) is 4.37. The fourth-order valence-electron chi connectivity index (χ4n) is 1.89. The second-order valence-corrected chi connectivity index (χ2v) is 5.45. The molecule has 3 rings (SSSR count). The Labute approximate surface area is 109 Å². The van der Waals surface area contributed by atoms with Crippen LogP contribution in [-0.4, -0.2) is 19.1 Å². The van der Waals surface area contributed by atoms with E-state index < -0.39 is 0 Å². The van der Waals surface area contributed by atoms with Crippen LogP contribution in [-0.2, 0) is 0 Å². The Bertz CT molecular complexity index is 748. The first-order chi connectivity index (χ1) is 8.65. The predicted molar refractivity (Wildman–Crippen MR) is 76.8 cm³/mol. The topological polar surface area (TPSA) is 33.2 Å². The highest BCUT2D eigenvalue weighted by Crippen LogP contribution is 2.30. The summed E-state index contributed by atoms with van der Waals surface area (Å²) in [7, 11) is 3.86. The molecule has 0 N–H and O–H groups in total. The normalized spacial score (nSPS) is 11.0. The van der Waals surface area contributed by atoms with Crippen molar-refractivity contribution in [3.63, 3.8) is 0 Å². The van der Waals surface area contributed by atoms with Gasteiger partial charge >= 0.3 is 0 Å². The molecule has 1 heterocycles. The quantitative estimate of drug-likeness (QED) is 0.628. The number of benzene rings is 2. The van der Waals surface area contributed by atoms with E-state index in [1.165, 1.54) is 0 Å². The van der Waals surface area contributed by atoms with E-state index in [0.29, 0.717) is 5.69 Å². The summed E-state index contributed by atoms with van der Waals surface area (Å²) < 4.78 is 1.10. The molecule has 0 aromatic heterocycles. The Morgan fingerprint density at radius 2 is 1.94 bits per heavy atom. The minimum absolute atomic E-state index is 0.0156. The smallest absolute Gasteiger partial charge is 0.207 e. The summed E-state index contributed by atoms with van der Waals surface area (Å²) in [4.78, 5) is 19.4. The Kier molecular flexibility index (Phi) is 2.52. The summed E-state index contributed by atoms with van der Waals surface area (Å²) in [6.07, 6.45) is 0. The summed E-state index contributed by atoms with van der Waals surface area (Å²) >= 11 is 1.61. The van der Waals surface area contributed by atoms with E-state index in [0.717, 1.165) is 20.8 Å². The first-order valence-corrected chi connectivity index (χ1v) is 6.48. The molecule has 18 heavy (non-hydrogen) atoms. The summed E-state index contributed by atoms with van der Waals surface area (Å²) in [5.74, 6) is 0. The number of rotatable bonds is 1. The van der Waals surface area contributed by atoms with E-state index in [1.807, 2.05) is 49.3 Å². The van der Waals surface area contributed by atoms with Gasteiger partial charge in [-0.25, -0.2) is 4.98 Å². The Morgan fingerprint density at radius 3 is 2.72 bits per heavy atom. The van der Waals surface area contributed by atoms with Crippen LogP contribution in [0.4, 0.5) is 5.69 Å². The summed E-state index contributed by atoms with van der Waals surface area (Å²) in [5, 5.41) is 0. The van der Waals surface area contributed by atoms with Crippen molar-refractivity contribution in [2.75, 3.05) is 19.0 Å². The molecular weight excluding hydrogens is 244 g/mol.